The minimum Gasteiger partial charge on any atom is -0.394 e. The number of ether oxygens (including phenoxy) is 1. The van der Waals surface area contributed by atoms with Crippen molar-refractivity contribution in [3.05, 3.63) is 20.8 Å². The average Bonchev–Trinajstić information content (AvgIpc) is 2.83. The van der Waals surface area contributed by atoms with Crippen LogP contribution in [-0.2, 0) is 4.74 Å². The van der Waals surface area contributed by atoms with Crippen molar-refractivity contribution in [3.63, 3.8) is 0 Å². The minimum absolute atomic E-state index is 0.134. The molecule has 0 unspecified atom stereocenters. The average molecular weight is 315 g/mol. The second-order valence-electron chi connectivity index (χ2n) is 4.86. The molecule has 1 aliphatic rings. The van der Waals surface area contributed by atoms with Crippen LogP contribution in [0.15, 0.2) is 9.59 Å². The highest BCUT2D eigenvalue weighted by Gasteiger charge is 2.45. The van der Waals surface area contributed by atoms with Crippen molar-refractivity contribution in [1.29, 1.82) is 0 Å². The highest BCUT2D eigenvalue weighted by atomic mass is 16.6. The predicted octanol–water partition coefficient (Wildman–Crippen LogP) is -4.22. The third kappa shape index (κ3) is 2.05. The van der Waals surface area contributed by atoms with Crippen LogP contribution in [0, 0.1) is 0 Å². The second kappa shape index (κ2) is 5.26. The van der Waals surface area contributed by atoms with E-state index < -0.39 is 48.5 Å². The molecule has 0 bridgehead atoms. The molecule has 0 saturated carbocycles. The Bertz CT molecular complexity index is 795. The zero-order valence-electron chi connectivity index (χ0n) is 10.9. The first-order chi connectivity index (χ1) is 10.5. The number of aromatic nitrogens is 5. The first-order valence-electron chi connectivity index (χ1n) is 6.31. The van der Waals surface area contributed by atoms with Crippen molar-refractivity contribution in [2.45, 2.75) is 30.6 Å². The van der Waals surface area contributed by atoms with Crippen LogP contribution in [0.2, 0.25) is 0 Å². The molecule has 6 N–H and O–H groups in total. The van der Waals surface area contributed by atoms with Gasteiger partial charge in [0.2, 0.25) is 0 Å². The van der Waals surface area contributed by atoms with E-state index in [2.05, 4.69) is 15.3 Å². The molecule has 0 aromatic carbocycles. The molecule has 12 nitrogen and oxygen atoms in total. The van der Waals surface area contributed by atoms with Crippen LogP contribution in [0.4, 0.5) is 0 Å². The van der Waals surface area contributed by atoms with Gasteiger partial charge in [-0.1, -0.05) is 5.21 Å². The molecule has 0 amide bonds. The molecule has 1 saturated heterocycles. The summed E-state index contributed by atoms with van der Waals surface area (Å²) in [5, 5.41) is 47.5. The van der Waals surface area contributed by atoms with Crippen molar-refractivity contribution < 1.29 is 25.2 Å². The summed E-state index contributed by atoms with van der Waals surface area (Å²) in [4.78, 5) is 26.1. The largest absolute Gasteiger partial charge is 0.394 e. The summed E-state index contributed by atoms with van der Waals surface area (Å²) in [6, 6.07) is 0. The molecule has 1 fully saturated rings. The fourth-order valence-electron chi connectivity index (χ4n) is 2.44. The van der Waals surface area contributed by atoms with Gasteiger partial charge >= 0.3 is 5.69 Å². The third-order valence-electron chi connectivity index (χ3n) is 3.55. The summed E-state index contributed by atoms with van der Waals surface area (Å²) in [7, 11) is 0. The number of hydrogen-bond donors (Lipinski definition) is 6. The summed E-state index contributed by atoms with van der Waals surface area (Å²) >= 11 is 0. The Labute approximate surface area is 120 Å². The first-order valence-corrected chi connectivity index (χ1v) is 6.31. The van der Waals surface area contributed by atoms with Crippen LogP contribution < -0.4 is 11.2 Å². The van der Waals surface area contributed by atoms with Crippen LogP contribution in [0.3, 0.4) is 0 Å². The number of rotatable bonds is 2. The second-order valence-corrected chi connectivity index (χ2v) is 4.86. The number of H-pyrrole nitrogens is 2. The SMILES string of the molecule is O=c1[nH]nnc2[nH]c(=O)n([C@@H]3O[C@H](CO)[C@@H](O)[C@H](O)[C@H]3O)c12. The van der Waals surface area contributed by atoms with Gasteiger partial charge < -0.3 is 25.2 Å². The van der Waals surface area contributed by atoms with Crippen LogP contribution in [0.25, 0.3) is 11.2 Å². The molecule has 3 heterocycles. The molecule has 3 rings (SSSR count). The van der Waals surface area contributed by atoms with E-state index in [-0.39, 0.29) is 11.2 Å². The molecule has 5 atom stereocenters. The lowest BCUT2D eigenvalue weighted by Gasteiger charge is -2.40. The smallest absolute Gasteiger partial charge is 0.330 e. The van der Waals surface area contributed by atoms with Gasteiger partial charge in [-0.25, -0.2) is 9.89 Å². The number of nitrogens with one attached hydrogen (secondary N) is 2. The van der Waals surface area contributed by atoms with Gasteiger partial charge in [-0.05, 0) is 0 Å². The molecule has 2 aromatic rings. The van der Waals surface area contributed by atoms with Crippen molar-refractivity contribution >= 4 is 11.2 Å². The van der Waals surface area contributed by atoms with Gasteiger partial charge in [0, 0.05) is 0 Å². The Balaban J connectivity index is 2.16. The number of fused-ring (bicyclic) bond motifs is 1. The van der Waals surface area contributed by atoms with E-state index in [4.69, 9.17) is 9.84 Å². The maximum absolute atomic E-state index is 12.0. The molecular formula is C10H13N5O7. The maximum Gasteiger partial charge on any atom is 0.330 e. The molecule has 1 aliphatic heterocycles. The Morgan fingerprint density at radius 1 is 1.18 bits per heavy atom. The van der Waals surface area contributed by atoms with E-state index in [0.29, 0.717) is 0 Å². The highest BCUT2D eigenvalue weighted by molar-refractivity contribution is 5.68. The van der Waals surface area contributed by atoms with E-state index in [1.165, 1.54) is 0 Å². The Morgan fingerprint density at radius 2 is 1.91 bits per heavy atom. The standard InChI is InChI=1S/C10H13N5O7/c16-1-2-4(17)5(18)6(19)9(22-2)15-3-7(11-10(15)21)12-14-13-8(3)20/h2,4-6,9,16-19H,1H2,(H2,11,12,13,20,21)/t2-,4-,5+,6-,9-/m1/s1. The van der Waals surface area contributed by atoms with E-state index in [1.54, 1.807) is 0 Å². The van der Waals surface area contributed by atoms with Gasteiger partial charge in [0.25, 0.3) is 5.56 Å². The summed E-state index contributed by atoms with van der Waals surface area (Å²) in [6.07, 6.45) is -7.67. The fourth-order valence-corrected chi connectivity index (χ4v) is 2.44. The lowest BCUT2D eigenvalue weighted by Crippen LogP contribution is -2.57. The van der Waals surface area contributed by atoms with E-state index in [9.17, 15) is 24.9 Å². The van der Waals surface area contributed by atoms with Crippen LogP contribution in [-0.4, -0.2) is 76.4 Å². The van der Waals surface area contributed by atoms with Gasteiger partial charge in [0.15, 0.2) is 17.4 Å². The Kier molecular flexibility index (Phi) is 3.54. The highest BCUT2D eigenvalue weighted by Crippen LogP contribution is 2.28. The van der Waals surface area contributed by atoms with Gasteiger partial charge in [0.05, 0.1) is 6.61 Å². The molecule has 0 spiro atoms. The van der Waals surface area contributed by atoms with Gasteiger partial charge in [-0.15, -0.1) is 5.10 Å². The Morgan fingerprint density at radius 3 is 2.59 bits per heavy atom. The quantitative estimate of drug-likeness (QED) is 0.319. The molecular weight excluding hydrogens is 302 g/mol. The lowest BCUT2D eigenvalue weighted by molar-refractivity contribution is -0.251. The minimum atomic E-state index is -1.71. The van der Waals surface area contributed by atoms with Crippen LogP contribution in [0.5, 0.6) is 0 Å². The van der Waals surface area contributed by atoms with E-state index >= 15 is 0 Å². The molecule has 0 aliphatic carbocycles. The summed E-state index contributed by atoms with van der Waals surface area (Å²) in [5.41, 5.74) is -1.97. The van der Waals surface area contributed by atoms with Crippen LogP contribution >= 0.6 is 0 Å². The van der Waals surface area contributed by atoms with Crippen molar-refractivity contribution in [2.24, 2.45) is 0 Å². The molecule has 0 radical (unpaired) electrons. The Hall–Kier alpha value is -2.12. The molecule has 120 valence electrons. The zero-order valence-corrected chi connectivity index (χ0v) is 10.9. The number of hydrogen-bond acceptors (Lipinski definition) is 9. The number of aliphatic hydroxyl groups excluding tert-OH is 4. The fraction of sp³-hybridized carbons (Fsp3) is 0.600. The topological polar surface area (TPSA) is 187 Å². The van der Waals surface area contributed by atoms with Crippen molar-refractivity contribution in [2.75, 3.05) is 6.61 Å². The van der Waals surface area contributed by atoms with Gasteiger partial charge in [-0.3, -0.25) is 14.3 Å². The predicted molar refractivity (Wildman–Crippen MR) is 67.8 cm³/mol. The number of aliphatic hydroxyl groups is 4. The number of imidazole rings is 1. The monoisotopic (exact) mass is 315 g/mol. The van der Waals surface area contributed by atoms with Gasteiger partial charge in [-0.2, -0.15) is 0 Å². The van der Waals surface area contributed by atoms with E-state index in [1.807, 2.05) is 5.10 Å². The summed E-state index contributed by atoms with van der Waals surface area (Å²) in [6.45, 7) is -0.658. The van der Waals surface area contributed by atoms with Crippen molar-refractivity contribution in [3.8, 4) is 0 Å². The number of aromatic amines is 2. The van der Waals surface area contributed by atoms with Gasteiger partial charge in [0.1, 0.15) is 24.4 Å². The first kappa shape index (κ1) is 14.8. The maximum atomic E-state index is 12.0. The summed E-state index contributed by atoms with van der Waals surface area (Å²) < 4.78 is 6.01. The molecule has 22 heavy (non-hydrogen) atoms. The van der Waals surface area contributed by atoms with E-state index in [0.717, 1.165) is 4.57 Å². The number of nitrogens with zero attached hydrogens (tertiary/aromatic N) is 3. The van der Waals surface area contributed by atoms with Crippen LogP contribution in [0.1, 0.15) is 6.23 Å². The third-order valence-corrected chi connectivity index (χ3v) is 3.55. The molecule has 2 aromatic heterocycles. The normalized spacial score (nSPS) is 32.5. The summed E-state index contributed by atoms with van der Waals surface area (Å²) in [5.74, 6) is 0. The van der Waals surface area contributed by atoms with Crippen molar-refractivity contribution in [1.82, 2.24) is 25.0 Å². The molecule has 12 heteroatoms. The zero-order chi connectivity index (χ0) is 16.0. The lowest BCUT2D eigenvalue weighted by atomic mass is 9.98.